The van der Waals surface area contributed by atoms with Crippen molar-refractivity contribution < 1.29 is 45.7 Å². The molecule has 0 unspecified atom stereocenters. The molecule has 0 saturated carbocycles. The minimum absolute atomic E-state index is 0.0253. The first kappa shape index (κ1) is 31.1. The van der Waals surface area contributed by atoms with E-state index in [1.54, 1.807) is 29.2 Å². The Morgan fingerprint density at radius 3 is 2.25 bits per heavy atom. The molecular formula is C29H27F6N5O4. The quantitative estimate of drug-likeness (QED) is 0.286. The van der Waals surface area contributed by atoms with Gasteiger partial charge in [0, 0.05) is 42.9 Å². The number of aliphatic hydroxyl groups excluding tert-OH is 1. The fourth-order valence-electron chi connectivity index (χ4n) is 5.38. The van der Waals surface area contributed by atoms with E-state index in [2.05, 4.69) is 14.8 Å². The molecule has 0 bridgehead atoms. The van der Waals surface area contributed by atoms with Crippen molar-refractivity contribution in [2.75, 3.05) is 39.9 Å². The lowest BCUT2D eigenvalue weighted by Crippen LogP contribution is -2.50. The van der Waals surface area contributed by atoms with Crippen LogP contribution in [0.2, 0.25) is 0 Å². The summed E-state index contributed by atoms with van der Waals surface area (Å²) in [5.74, 6) is -0.549. The van der Waals surface area contributed by atoms with E-state index in [9.17, 15) is 36.2 Å². The van der Waals surface area contributed by atoms with Crippen LogP contribution >= 0.6 is 0 Å². The van der Waals surface area contributed by atoms with Crippen LogP contribution in [-0.2, 0) is 6.18 Å². The average Bonchev–Trinajstić information content (AvgIpc) is 3.39. The molecule has 0 aliphatic carbocycles. The van der Waals surface area contributed by atoms with Crippen LogP contribution in [0.1, 0.15) is 33.2 Å². The normalized spacial score (nSPS) is 15.4. The third-order valence-electron chi connectivity index (χ3n) is 7.47. The molecule has 44 heavy (non-hydrogen) atoms. The number of carbonyl (C=O) groups is 1. The van der Waals surface area contributed by atoms with Gasteiger partial charge in [-0.3, -0.25) is 9.69 Å². The summed E-state index contributed by atoms with van der Waals surface area (Å²) in [6, 6.07) is 10.9. The van der Waals surface area contributed by atoms with Crippen LogP contribution in [-0.4, -0.2) is 81.7 Å². The van der Waals surface area contributed by atoms with Gasteiger partial charge in [-0.2, -0.15) is 18.3 Å². The first-order chi connectivity index (χ1) is 20.8. The lowest BCUT2D eigenvalue weighted by molar-refractivity contribution is -0.275. The minimum Gasteiger partial charge on any atom is -0.497 e. The Balaban J connectivity index is 1.43. The van der Waals surface area contributed by atoms with Gasteiger partial charge < -0.3 is 19.5 Å². The van der Waals surface area contributed by atoms with Gasteiger partial charge in [-0.05, 0) is 37.3 Å². The monoisotopic (exact) mass is 623 g/mol. The van der Waals surface area contributed by atoms with E-state index in [0.717, 1.165) is 12.3 Å². The van der Waals surface area contributed by atoms with Crippen molar-refractivity contribution in [2.24, 2.45) is 0 Å². The zero-order valence-corrected chi connectivity index (χ0v) is 23.5. The van der Waals surface area contributed by atoms with Gasteiger partial charge in [-0.1, -0.05) is 18.2 Å². The number of nitrogens with zero attached hydrogens (tertiary/aromatic N) is 5. The SMILES string of the molecule is COc1ccc(-c2nc3c(C(=O)N4CCN([C@H](CO)c5ccccc5OC(F)(F)F)CC4)cnn3c(C(F)(F)F)c2C)cc1. The number of aliphatic hydroxyl groups is 1. The molecule has 0 spiro atoms. The summed E-state index contributed by atoms with van der Waals surface area (Å²) in [4.78, 5) is 21.2. The fourth-order valence-corrected chi connectivity index (χ4v) is 5.38. The van der Waals surface area contributed by atoms with E-state index in [4.69, 9.17) is 4.74 Å². The van der Waals surface area contributed by atoms with Gasteiger partial charge in [0.25, 0.3) is 5.91 Å². The van der Waals surface area contributed by atoms with E-state index in [0.29, 0.717) is 15.8 Å². The average molecular weight is 624 g/mol. The van der Waals surface area contributed by atoms with Crippen LogP contribution in [0.25, 0.3) is 16.9 Å². The molecule has 2 aromatic carbocycles. The Morgan fingerprint density at radius 2 is 1.66 bits per heavy atom. The highest BCUT2D eigenvalue weighted by Crippen LogP contribution is 2.37. The third kappa shape index (κ3) is 6.15. The molecule has 1 aliphatic rings. The molecule has 15 heteroatoms. The van der Waals surface area contributed by atoms with Gasteiger partial charge in [0.15, 0.2) is 11.3 Å². The molecule has 4 aromatic rings. The van der Waals surface area contributed by atoms with E-state index in [-0.39, 0.29) is 54.2 Å². The number of alkyl halides is 6. The second kappa shape index (κ2) is 12.0. The fraction of sp³-hybridized carbons (Fsp3) is 0.345. The molecule has 1 atom stereocenters. The number of benzene rings is 2. The third-order valence-corrected chi connectivity index (χ3v) is 7.47. The van der Waals surface area contributed by atoms with Crippen LogP contribution in [0.15, 0.2) is 54.7 Å². The molecule has 1 saturated heterocycles. The van der Waals surface area contributed by atoms with Crippen molar-refractivity contribution >= 4 is 11.6 Å². The second-order valence-electron chi connectivity index (χ2n) is 10.1. The van der Waals surface area contributed by atoms with Crippen molar-refractivity contribution in [1.82, 2.24) is 24.4 Å². The van der Waals surface area contributed by atoms with E-state index in [1.807, 2.05) is 0 Å². The number of piperazine rings is 1. The summed E-state index contributed by atoms with van der Waals surface area (Å²) in [6.07, 6.45) is -8.69. The molecule has 1 amide bonds. The number of para-hydroxylation sites is 1. The summed E-state index contributed by atoms with van der Waals surface area (Å²) in [7, 11) is 1.46. The predicted molar refractivity (Wildman–Crippen MR) is 145 cm³/mol. The summed E-state index contributed by atoms with van der Waals surface area (Å²) in [5.41, 5.74) is -1.11. The first-order valence-electron chi connectivity index (χ1n) is 13.4. The molecule has 1 aliphatic heterocycles. The van der Waals surface area contributed by atoms with Crippen LogP contribution < -0.4 is 9.47 Å². The number of aromatic nitrogens is 3. The molecule has 1 N–H and O–H groups in total. The molecule has 234 valence electrons. The number of rotatable bonds is 7. The van der Waals surface area contributed by atoms with Gasteiger partial charge in [-0.15, -0.1) is 13.2 Å². The van der Waals surface area contributed by atoms with E-state index >= 15 is 0 Å². The van der Waals surface area contributed by atoms with Gasteiger partial charge in [-0.25, -0.2) is 9.50 Å². The smallest absolute Gasteiger partial charge is 0.497 e. The molecule has 9 nitrogen and oxygen atoms in total. The number of amides is 1. The number of carbonyl (C=O) groups excluding carboxylic acids is 1. The van der Waals surface area contributed by atoms with Crippen LogP contribution in [0, 0.1) is 6.92 Å². The highest BCUT2D eigenvalue weighted by molar-refractivity contribution is 6.00. The molecular weight excluding hydrogens is 596 g/mol. The zero-order valence-electron chi connectivity index (χ0n) is 23.5. The van der Waals surface area contributed by atoms with Gasteiger partial charge in [0.05, 0.1) is 31.6 Å². The van der Waals surface area contributed by atoms with Crippen molar-refractivity contribution in [2.45, 2.75) is 25.5 Å². The number of methoxy groups -OCH3 is 1. The standard InChI is InChI=1S/C29H27F6N5O4/c1-17-24(18-7-9-19(43-2)10-8-18)37-26-21(15-36-40(26)25(17)28(30,31)32)27(42)39-13-11-38(12-14-39)22(16-41)20-5-3-4-6-23(20)44-29(33,34)35/h3-10,15,22,41H,11-14,16H2,1-2H3/t22-/m1/s1. The number of hydrogen-bond acceptors (Lipinski definition) is 7. The Kier molecular flexibility index (Phi) is 8.44. The first-order valence-corrected chi connectivity index (χ1v) is 13.4. The number of halogens is 6. The highest BCUT2D eigenvalue weighted by Gasteiger charge is 2.39. The van der Waals surface area contributed by atoms with Crippen LogP contribution in [0.3, 0.4) is 0 Å². The maximum Gasteiger partial charge on any atom is 0.573 e. The Hall–Kier alpha value is -4.37. The summed E-state index contributed by atoms with van der Waals surface area (Å²) in [6.45, 7) is 1.25. The lowest BCUT2D eigenvalue weighted by Gasteiger charge is -2.39. The lowest BCUT2D eigenvalue weighted by atomic mass is 10.0. The maximum atomic E-state index is 14.3. The van der Waals surface area contributed by atoms with Crippen molar-refractivity contribution in [3.05, 3.63) is 77.1 Å². The summed E-state index contributed by atoms with van der Waals surface area (Å²) >= 11 is 0. The Labute approximate surface area is 247 Å². The largest absolute Gasteiger partial charge is 0.573 e. The van der Waals surface area contributed by atoms with E-state index in [1.165, 1.54) is 37.1 Å². The summed E-state index contributed by atoms with van der Waals surface area (Å²) in [5, 5.41) is 14.0. The number of fused-ring (bicyclic) bond motifs is 1. The Bertz CT molecular complexity index is 1650. The number of hydrogen-bond donors (Lipinski definition) is 1. The van der Waals surface area contributed by atoms with Crippen LogP contribution in [0.4, 0.5) is 26.3 Å². The predicted octanol–water partition coefficient (Wildman–Crippen LogP) is 5.12. The van der Waals surface area contributed by atoms with Crippen LogP contribution in [0.5, 0.6) is 11.5 Å². The molecule has 3 heterocycles. The van der Waals surface area contributed by atoms with Crippen molar-refractivity contribution in [1.29, 1.82) is 0 Å². The summed E-state index contributed by atoms with van der Waals surface area (Å²) < 4.78 is 91.6. The highest BCUT2D eigenvalue weighted by atomic mass is 19.4. The molecule has 2 aromatic heterocycles. The van der Waals surface area contributed by atoms with Gasteiger partial charge in [0.2, 0.25) is 0 Å². The zero-order chi connectivity index (χ0) is 31.8. The van der Waals surface area contributed by atoms with Crippen molar-refractivity contribution in [3.63, 3.8) is 0 Å². The Morgan fingerprint density at radius 1 is 1.00 bits per heavy atom. The number of ether oxygens (including phenoxy) is 2. The topological polar surface area (TPSA) is 92.4 Å². The van der Waals surface area contributed by atoms with Crippen molar-refractivity contribution in [3.8, 4) is 22.8 Å². The maximum absolute atomic E-state index is 14.3. The molecule has 5 rings (SSSR count). The minimum atomic E-state index is -4.93. The molecule has 1 fully saturated rings. The van der Waals surface area contributed by atoms with Gasteiger partial charge >= 0.3 is 12.5 Å². The molecule has 0 radical (unpaired) electrons. The van der Waals surface area contributed by atoms with E-state index < -0.39 is 42.5 Å². The van der Waals surface area contributed by atoms with Gasteiger partial charge in [0.1, 0.15) is 17.1 Å². The second-order valence-corrected chi connectivity index (χ2v) is 10.1.